The Morgan fingerprint density at radius 2 is 2.12 bits per heavy atom. The van der Waals surface area contributed by atoms with Gasteiger partial charge in [-0.15, -0.1) is 0 Å². The molecule has 0 spiro atoms. The Hall–Kier alpha value is -1.60. The molecule has 2 N–H and O–H groups in total. The second-order valence-corrected chi connectivity index (χ2v) is 7.37. The van der Waals surface area contributed by atoms with E-state index in [1.54, 1.807) is 4.90 Å². The van der Waals surface area contributed by atoms with Gasteiger partial charge in [-0.1, -0.05) is 26.3 Å². The molecule has 1 fully saturated rings. The molecule has 7 heteroatoms. The van der Waals surface area contributed by atoms with Gasteiger partial charge in [0.25, 0.3) is 0 Å². The molecule has 1 heterocycles. The Labute approximate surface area is 158 Å². The summed E-state index contributed by atoms with van der Waals surface area (Å²) in [4.78, 5) is 27.7. The van der Waals surface area contributed by atoms with E-state index in [9.17, 15) is 9.59 Å². The molecule has 1 aliphatic heterocycles. The smallest absolute Gasteiger partial charge is 0.410 e. The third kappa shape index (κ3) is 5.99. The van der Waals surface area contributed by atoms with Crippen LogP contribution in [0.2, 0.25) is 0 Å². The van der Waals surface area contributed by atoms with Gasteiger partial charge in [0.15, 0.2) is 6.10 Å². The zero-order valence-corrected chi connectivity index (χ0v) is 17.2. The zero-order valence-electron chi connectivity index (χ0n) is 17.2. The SMILES string of the molecule is C=C(NC(C)=O)[C@H]1CN([C@@H](C)[C@@H](CNC)C(CCCC)N(C)C)C(=O)O1. The zero-order chi connectivity index (χ0) is 19.9. The molecule has 2 amide bonds. The van der Waals surface area contributed by atoms with Gasteiger partial charge in [0, 0.05) is 31.5 Å². The van der Waals surface area contributed by atoms with Crippen molar-refractivity contribution < 1.29 is 14.3 Å². The Morgan fingerprint density at radius 1 is 1.46 bits per heavy atom. The topological polar surface area (TPSA) is 73.9 Å². The van der Waals surface area contributed by atoms with E-state index < -0.39 is 6.10 Å². The number of nitrogens with zero attached hydrogens (tertiary/aromatic N) is 2. The van der Waals surface area contributed by atoms with Crippen LogP contribution in [0.25, 0.3) is 0 Å². The molecule has 26 heavy (non-hydrogen) atoms. The van der Waals surface area contributed by atoms with Crippen molar-refractivity contribution in [2.45, 2.75) is 58.2 Å². The molecule has 0 radical (unpaired) electrons. The number of ether oxygens (including phenoxy) is 1. The van der Waals surface area contributed by atoms with Gasteiger partial charge in [-0.2, -0.15) is 0 Å². The number of nitrogens with one attached hydrogen (secondary N) is 2. The molecule has 0 aliphatic carbocycles. The quantitative estimate of drug-likeness (QED) is 0.582. The first kappa shape index (κ1) is 22.4. The van der Waals surface area contributed by atoms with Crippen molar-refractivity contribution in [2.24, 2.45) is 5.92 Å². The number of hydrogen-bond donors (Lipinski definition) is 2. The van der Waals surface area contributed by atoms with E-state index in [1.807, 2.05) is 7.05 Å². The normalized spacial score (nSPS) is 20.7. The summed E-state index contributed by atoms with van der Waals surface area (Å²) in [6.45, 7) is 10.7. The standard InChI is InChI=1S/C19H36N4O3/c1-8-9-10-17(22(6)7)16(11-20-5)14(3)23-12-18(26-19(23)25)13(2)21-15(4)24/h14,16-18,20H,2,8-12H2,1,3-7H3,(H,21,24)/t14-,16+,17?,18+/m0/s1. The molecule has 7 nitrogen and oxygen atoms in total. The van der Waals surface area contributed by atoms with Gasteiger partial charge < -0.3 is 25.2 Å². The summed E-state index contributed by atoms with van der Waals surface area (Å²) in [6, 6.07) is 0.372. The van der Waals surface area contributed by atoms with Crippen molar-refractivity contribution in [3.8, 4) is 0 Å². The Morgan fingerprint density at radius 3 is 2.62 bits per heavy atom. The summed E-state index contributed by atoms with van der Waals surface area (Å²) in [5, 5.41) is 5.91. The molecule has 0 bridgehead atoms. The Bertz CT molecular complexity index is 495. The summed E-state index contributed by atoms with van der Waals surface area (Å²) < 4.78 is 5.45. The predicted molar refractivity (Wildman–Crippen MR) is 104 cm³/mol. The summed E-state index contributed by atoms with van der Waals surface area (Å²) in [5.41, 5.74) is 0.431. The summed E-state index contributed by atoms with van der Waals surface area (Å²) in [6.07, 6.45) is 2.54. The van der Waals surface area contributed by atoms with Crippen molar-refractivity contribution in [1.82, 2.24) is 20.4 Å². The first-order chi connectivity index (χ1) is 12.2. The summed E-state index contributed by atoms with van der Waals surface area (Å²) in [5.74, 6) is 0.0553. The van der Waals surface area contributed by atoms with Crippen LogP contribution in [0.15, 0.2) is 12.3 Å². The molecule has 1 rings (SSSR count). The molecule has 1 saturated heterocycles. The monoisotopic (exact) mass is 368 g/mol. The maximum atomic E-state index is 12.4. The van der Waals surface area contributed by atoms with E-state index in [0.717, 1.165) is 25.8 Å². The van der Waals surface area contributed by atoms with Crippen LogP contribution in [-0.2, 0) is 9.53 Å². The highest BCUT2D eigenvalue weighted by molar-refractivity contribution is 5.76. The van der Waals surface area contributed by atoms with Crippen LogP contribution < -0.4 is 10.6 Å². The molecular formula is C19H36N4O3. The van der Waals surface area contributed by atoms with Crippen LogP contribution in [-0.4, -0.2) is 74.2 Å². The number of unbranched alkanes of at least 4 members (excludes halogenated alkanes) is 1. The molecule has 0 saturated carbocycles. The number of carbonyl (C=O) groups excluding carboxylic acids is 2. The van der Waals surface area contributed by atoms with Crippen LogP contribution in [0, 0.1) is 5.92 Å². The fourth-order valence-electron chi connectivity index (χ4n) is 3.66. The maximum absolute atomic E-state index is 12.4. The molecule has 4 atom stereocenters. The van der Waals surface area contributed by atoms with Gasteiger partial charge >= 0.3 is 6.09 Å². The van der Waals surface area contributed by atoms with Crippen LogP contribution >= 0.6 is 0 Å². The lowest BCUT2D eigenvalue weighted by atomic mass is 9.87. The highest BCUT2D eigenvalue weighted by Gasteiger charge is 2.40. The van der Waals surface area contributed by atoms with Crippen molar-refractivity contribution in [1.29, 1.82) is 0 Å². The van der Waals surface area contributed by atoms with Crippen molar-refractivity contribution in [2.75, 3.05) is 34.2 Å². The fraction of sp³-hybridized carbons (Fsp3) is 0.789. The van der Waals surface area contributed by atoms with E-state index in [4.69, 9.17) is 4.74 Å². The third-order valence-electron chi connectivity index (χ3n) is 5.13. The molecular weight excluding hydrogens is 332 g/mol. The average molecular weight is 369 g/mol. The number of amides is 2. The molecule has 0 aromatic heterocycles. The highest BCUT2D eigenvalue weighted by atomic mass is 16.6. The van der Waals surface area contributed by atoms with E-state index in [0.29, 0.717) is 18.3 Å². The largest absolute Gasteiger partial charge is 0.438 e. The van der Waals surface area contributed by atoms with Gasteiger partial charge in [0.1, 0.15) is 0 Å². The van der Waals surface area contributed by atoms with Gasteiger partial charge in [0.2, 0.25) is 5.91 Å². The lowest BCUT2D eigenvalue weighted by Gasteiger charge is -2.39. The minimum atomic E-state index is -0.502. The van der Waals surface area contributed by atoms with Gasteiger partial charge in [-0.25, -0.2) is 4.79 Å². The van der Waals surface area contributed by atoms with Crippen molar-refractivity contribution in [3.05, 3.63) is 12.3 Å². The average Bonchev–Trinajstić information content (AvgIpc) is 2.94. The predicted octanol–water partition coefficient (Wildman–Crippen LogP) is 1.80. The lowest BCUT2D eigenvalue weighted by molar-refractivity contribution is -0.118. The molecule has 0 aromatic rings. The van der Waals surface area contributed by atoms with Crippen LogP contribution in [0.3, 0.4) is 0 Å². The molecule has 1 unspecified atom stereocenters. The number of rotatable bonds is 11. The fourth-order valence-corrected chi connectivity index (χ4v) is 3.66. The summed E-state index contributed by atoms with van der Waals surface area (Å²) in [7, 11) is 6.13. The third-order valence-corrected chi connectivity index (χ3v) is 5.13. The first-order valence-electron chi connectivity index (χ1n) is 9.47. The van der Waals surface area contributed by atoms with Crippen molar-refractivity contribution in [3.63, 3.8) is 0 Å². The maximum Gasteiger partial charge on any atom is 0.410 e. The lowest BCUT2D eigenvalue weighted by Crippen LogP contribution is -2.51. The molecule has 150 valence electrons. The van der Waals surface area contributed by atoms with Gasteiger partial charge in [-0.05, 0) is 34.5 Å². The van der Waals surface area contributed by atoms with E-state index in [2.05, 4.69) is 50.1 Å². The van der Waals surface area contributed by atoms with Crippen LogP contribution in [0.1, 0.15) is 40.0 Å². The van der Waals surface area contributed by atoms with Gasteiger partial charge in [0.05, 0.1) is 12.2 Å². The van der Waals surface area contributed by atoms with Gasteiger partial charge in [-0.3, -0.25) is 4.79 Å². The molecule has 0 aromatic carbocycles. The Kier molecular flexibility index (Phi) is 9.08. The number of carbonyl (C=O) groups is 2. The van der Waals surface area contributed by atoms with Crippen LogP contribution in [0.4, 0.5) is 4.79 Å². The number of cyclic esters (lactones) is 1. The van der Waals surface area contributed by atoms with Crippen molar-refractivity contribution >= 4 is 12.0 Å². The molecule has 1 aliphatic rings. The van der Waals surface area contributed by atoms with E-state index in [1.165, 1.54) is 6.92 Å². The summed E-state index contributed by atoms with van der Waals surface area (Å²) >= 11 is 0. The minimum absolute atomic E-state index is 0.00864. The highest BCUT2D eigenvalue weighted by Crippen LogP contribution is 2.27. The van der Waals surface area contributed by atoms with E-state index >= 15 is 0 Å². The van der Waals surface area contributed by atoms with E-state index in [-0.39, 0.29) is 24.0 Å². The number of hydrogen-bond acceptors (Lipinski definition) is 5. The first-order valence-corrected chi connectivity index (χ1v) is 9.47. The second kappa shape index (κ2) is 10.5. The van der Waals surface area contributed by atoms with Crippen LogP contribution in [0.5, 0.6) is 0 Å². The Balaban J connectivity index is 2.90. The minimum Gasteiger partial charge on any atom is -0.438 e. The second-order valence-electron chi connectivity index (χ2n) is 7.37.